The Morgan fingerprint density at radius 1 is 1.04 bits per heavy atom. The van der Waals surface area contributed by atoms with Crippen LogP contribution >= 0.6 is 0 Å². The highest BCUT2D eigenvalue weighted by Crippen LogP contribution is 2.17. The van der Waals surface area contributed by atoms with Crippen LogP contribution in [0.2, 0.25) is 0 Å². The summed E-state index contributed by atoms with van der Waals surface area (Å²) in [5, 5.41) is 11.3. The van der Waals surface area contributed by atoms with E-state index in [-0.39, 0.29) is 12.6 Å². The van der Waals surface area contributed by atoms with Gasteiger partial charge in [0.1, 0.15) is 12.7 Å². The van der Waals surface area contributed by atoms with Crippen LogP contribution in [0.5, 0.6) is 0 Å². The second kappa shape index (κ2) is 8.07. The van der Waals surface area contributed by atoms with Crippen molar-refractivity contribution in [1.82, 2.24) is 4.98 Å². The maximum Gasteiger partial charge on any atom is 0.306 e. The van der Waals surface area contributed by atoms with Gasteiger partial charge in [-0.2, -0.15) is 5.26 Å². The first kappa shape index (κ1) is 16.7. The van der Waals surface area contributed by atoms with Crippen molar-refractivity contribution in [2.45, 2.75) is 25.9 Å². The van der Waals surface area contributed by atoms with Gasteiger partial charge in [-0.25, -0.2) is 0 Å². The van der Waals surface area contributed by atoms with Gasteiger partial charge < -0.3 is 4.74 Å². The summed E-state index contributed by atoms with van der Waals surface area (Å²) in [5.74, 6) is -0.233. The van der Waals surface area contributed by atoms with E-state index >= 15 is 0 Å². The van der Waals surface area contributed by atoms with E-state index in [1.165, 1.54) is 22.5 Å². The lowest BCUT2D eigenvalue weighted by atomic mass is 10.0. The van der Waals surface area contributed by atoms with Crippen LogP contribution in [0, 0.1) is 11.3 Å². The van der Waals surface area contributed by atoms with Crippen LogP contribution in [0.3, 0.4) is 0 Å². The molecule has 4 nitrogen and oxygen atoms in total. The van der Waals surface area contributed by atoms with Crippen LogP contribution in [0.1, 0.15) is 29.5 Å². The summed E-state index contributed by atoms with van der Waals surface area (Å²) in [4.78, 5) is 15.8. The van der Waals surface area contributed by atoms with E-state index in [1.54, 1.807) is 12.3 Å². The van der Waals surface area contributed by atoms with Crippen molar-refractivity contribution < 1.29 is 9.53 Å². The number of pyridine rings is 1. The maximum atomic E-state index is 11.9. The molecule has 0 fully saturated rings. The number of aryl methyl sites for hydroxylation is 1. The normalized spacial score (nSPS) is 10.4. The lowest BCUT2D eigenvalue weighted by Gasteiger charge is -2.06. The molecule has 25 heavy (non-hydrogen) atoms. The number of nitrogens with zero attached hydrogens (tertiary/aromatic N) is 2. The highest BCUT2D eigenvalue weighted by Gasteiger charge is 2.05. The van der Waals surface area contributed by atoms with Crippen molar-refractivity contribution in [1.29, 1.82) is 5.26 Å². The van der Waals surface area contributed by atoms with E-state index in [9.17, 15) is 4.79 Å². The van der Waals surface area contributed by atoms with E-state index in [2.05, 4.69) is 35.3 Å². The van der Waals surface area contributed by atoms with E-state index in [0.29, 0.717) is 12.0 Å². The molecule has 1 aromatic heterocycles. The Labute approximate surface area is 146 Å². The van der Waals surface area contributed by atoms with Gasteiger partial charge in [-0.3, -0.25) is 9.78 Å². The average Bonchev–Trinajstić information content (AvgIpc) is 2.66. The van der Waals surface area contributed by atoms with Gasteiger partial charge in [-0.05, 0) is 35.2 Å². The number of benzene rings is 2. The molecule has 0 radical (unpaired) electrons. The molecule has 124 valence electrons. The van der Waals surface area contributed by atoms with Gasteiger partial charge in [0.05, 0.1) is 5.56 Å². The summed E-state index contributed by atoms with van der Waals surface area (Å²) in [6.45, 7) is 0.150. The minimum absolute atomic E-state index is 0.150. The third kappa shape index (κ3) is 4.65. The molecule has 0 aliphatic carbocycles. The fourth-order valence-electron chi connectivity index (χ4n) is 2.69. The molecule has 4 heteroatoms. The van der Waals surface area contributed by atoms with Crippen molar-refractivity contribution in [3.63, 3.8) is 0 Å². The molecule has 3 aromatic rings. The fraction of sp³-hybridized carbons (Fsp3) is 0.190. The molecule has 0 aliphatic heterocycles. The highest BCUT2D eigenvalue weighted by molar-refractivity contribution is 5.83. The van der Waals surface area contributed by atoms with E-state index in [4.69, 9.17) is 10.00 Å². The van der Waals surface area contributed by atoms with Gasteiger partial charge in [0.2, 0.25) is 0 Å². The van der Waals surface area contributed by atoms with Gasteiger partial charge in [0.25, 0.3) is 0 Å². The predicted molar refractivity (Wildman–Crippen MR) is 95.6 cm³/mol. The molecule has 0 spiro atoms. The summed E-state index contributed by atoms with van der Waals surface area (Å²) in [6, 6.07) is 18.3. The lowest BCUT2D eigenvalue weighted by Crippen LogP contribution is -2.05. The van der Waals surface area contributed by atoms with Crippen LogP contribution < -0.4 is 0 Å². The van der Waals surface area contributed by atoms with Crippen LogP contribution in [0.4, 0.5) is 0 Å². The number of esters is 1. The van der Waals surface area contributed by atoms with Gasteiger partial charge >= 0.3 is 5.97 Å². The first-order chi connectivity index (χ1) is 12.2. The Morgan fingerprint density at radius 3 is 2.72 bits per heavy atom. The molecule has 0 unspecified atom stereocenters. The number of aromatic nitrogens is 1. The SMILES string of the molecule is N#Cc1cncc(COC(=O)CCCc2ccc3ccccc3c2)c1. The molecular weight excluding hydrogens is 312 g/mol. The van der Waals surface area contributed by atoms with E-state index < -0.39 is 0 Å². The number of hydrogen-bond acceptors (Lipinski definition) is 4. The molecule has 0 saturated carbocycles. The second-order valence-electron chi connectivity index (χ2n) is 5.89. The van der Waals surface area contributed by atoms with Crippen molar-refractivity contribution in [2.75, 3.05) is 0 Å². The fourth-order valence-corrected chi connectivity index (χ4v) is 2.69. The number of rotatable bonds is 6. The van der Waals surface area contributed by atoms with Gasteiger partial charge in [0, 0.05) is 24.4 Å². The third-order valence-electron chi connectivity index (χ3n) is 3.98. The smallest absolute Gasteiger partial charge is 0.306 e. The monoisotopic (exact) mass is 330 g/mol. The molecule has 0 N–H and O–H groups in total. The summed E-state index contributed by atoms with van der Waals surface area (Å²) >= 11 is 0. The number of hydrogen-bond donors (Lipinski definition) is 0. The quantitative estimate of drug-likeness (QED) is 0.636. The summed E-state index contributed by atoms with van der Waals surface area (Å²) in [5.41, 5.74) is 2.41. The van der Waals surface area contributed by atoms with E-state index in [1.807, 2.05) is 18.2 Å². The largest absolute Gasteiger partial charge is 0.461 e. The minimum atomic E-state index is -0.233. The Morgan fingerprint density at radius 2 is 1.88 bits per heavy atom. The molecule has 0 atom stereocenters. The molecule has 0 saturated heterocycles. The highest BCUT2D eigenvalue weighted by atomic mass is 16.5. The predicted octanol–water partition coefficient (Wildman–Crippen LogP) is 4.17. The number of fused-ring (bicyclic) bond motifs is 1. The Kier molecular flexibility index (Phi) is 5.38. The molecule has 0 amide bonds. The Balaban J connectivity index is 1.46. The van der Waals surface area contributed by atoms with Crippen molar-refractivity contribution in [3.8, 4) is 6.07 Å². The standard InChI is InChI=1S/C21H18N2O2/c22-12-17-10-18(14-23-13-17)15-25-21(24)7-3-4-16-8-9-19-5-1-2-6-20(19)11-16/h1-2,5-6,8-11,13-14H,3-4,7,15H2. The van der Waals surface area contributed by atoms with Crippen LogP contribution in [-0.4, -0.2) is 11.0 Å². The number of nitriles is 1. The molecule has 1 heterocycles. The second-order valence-corrected chi connectivity index (χ2v) is 5.89. The zero-order chi connectivity index (χ0) is 17.5. The molecule has 2 aromatic carbocycles. The molecule has 0 bridgehead atoms. The summed E-state index contributed by atoms with van der Waals surface area (Å²) < 4.78 is 5.25. The topological polar surface area (TPSA) is 63.0 Å². The summed E-state index contributed by atoms with van der Waals surface area (Å²) in [7, 11) is 0. The van der Waals surface area contributed by atoms with E-state index in [0.717, 1.165) is 18.4 Å². The third-order valence-corrected chi connectivity index (χ3v) is 3.98. The zero-order valence-electron chi connectivity index (χ0n) is 13.8. The Hall–Kier alpha value is -3.19. The molecular formula is C21H18N2O2. The van der Waals surface area contributed by atoms with Gasteiger partial charge in [0.15, 0.2) is 0 Å². The van der Waals surface area contributed by atoms with Crippen molar-refractivity contribution in [3.05, 3.63) is 77.6 Å². The van der Waals surface area contributed by atoms with Crippen molar-refractivity contribution >= 4 is 16.7 Å². The lowest BCUT2D eigenvalue weighted by molar-refractivity contribution is -0.145. The van der Waals surface area contributed by atoms with Crippen molar-refractivity contribution in [2.24, 2.45) is 0 Å². The first-order valence-corrected chi connectivity index (χ1v) is 8.22. The number of carbonyl (C=O) groups excluding carboxylic acids is 1. The average molecular weight is 330 g/mol. The zero-order valence-corrected chi connectivity index (χ0v) is 13.8. The van der Waals surface area contributed by atoms with Gasteiger partial charge in [-0.15, -0.1) is 0 Å². The molecule has 3 rings (SSSR count). The number of carbonyl (C=O) groups is 1. The Bertz CT molecular complexity index is 928. The van der Waals surface area contributed by atoms with Crippen LogP contribution in [0.25, 0.3) is 10.8 Å². The summed E-state index contributed by atoms with van der Waals surface area (Å²) in [6.07, 6.45) is 5.04. The first-order valence-electron chi connectivity index (χ1n) is 8.22. The van der Waals surface area contributed by atoms with Gasteiger partial charge in [-0.1, -0.05) is 42.5 Å². The minimum Gasteiger partial charge on any atom is -0.461 e. The van der Waals surface area contributed by atoms with Crippen LogP contribution in [0.15, 0.2) is 60.9 Å². The maximum absolute atomic E-state index is 11.9. The molecule has 0 aliphatic rings. The number of ether oxygens (including phenoxy) is 1. The van der Waals surface area contributed by atoms with Crippen LogP contribution in [-0.2, 0) is 22.6 Å².